The quantitative estimate of drug-likeness (QED) is 0.770. The maximum absolute atomic E-state index is 5.65. The van der Waals surface area contributed by atoms with Gasteiger partial charge in [0.15, 0.2) is 0 Å². The molecule has 0 fully saturated rings. The normalized spacial score (nSPS) is 10.9. The molecule has 0 amide bonds. The van der Waals surface area contributed by atoms with Crippen LogP contribution in [-0.2, 0) is 0 Å². The number of nitrogens with zero attached hydrogens (tertiary/aromatic N) is 1. The minimum Gasteiger partial charge on any atom is -0.324 e. The topological polar surface area (TPSA) is 38.9 Å². The minimum atomic E-state index is 0. The molecule has 0 saturated carbocycles. The second kappa shape index (κ2) is 6.23. The fourth-order valence-electron chi connectivity index (χ4n) is 0.851. The zero-order valence-electron chi connectivity index (χ0n) is 7.15. The summed E-state index contributed by atoms with van der Waals surface area (Å²) in [6.07, 6.45) is 1.79. The summed E-state index contributed by atoms with van der Waals surface area (Å²) in [4.78, 5) is 4.07. The Balaban J connectivity index is 0. The van der Waals surface area contributed by atoms with E-state index in [0.717, 1.165) is 11.3 Å². The first kappa shape index (κ1) is 14.2. The highest BCUT2D eigenvalue weighted by Gasteiger charge is 1.97. The van der Waals surface area contributed by atoms with E-state index in [-0.39, 0.29) is 30.9 Å². The SMILES string of the molecule is Cc1cc([C@H](C)N)ccn1.Cl.Cl. The molecule has 1 rings (SSSR count). The van der Waals surface area contributed by atoms with Gasteiger partial charge in [-0.1, -0.05) is 0 Å². The molecule has 2 N–H and O–H groups in total. The Hall–Kier alpha value is -0.310. The van der Waals surface area contributed by atoms with Crippen LogP contribution in [0.2, 0.25) is 0 Å². The predicted molar refractivity (Wildman–Crippen MR) is 56.1 cm³/mol. The number of aryl methyl sites for hydroxylation is 1. The molecule has 1 heterocycles. The number of aromatic nitrogens is 1. The summed E-state index contributed by atoms with van der Waals surface area (Å²) in [6, 6.07) is 4.06. The lowest BCUT2D eigenvalue weighted by molar-refractivity contribution is 0.813. The molecule has 0 radical (unpaired) electrons. The van der Waals surface area contributed by atoms with Crippen molar-refractivity contribution >= 4 is 24.8 Å². The standard InChI is InChI=1S/C8H12N2.2ClH/c1-6-5-8(7(2)9)3-4-10-6;;/h3-5,7H,9H2,1-2H3;2*1H/t7-;;/m0../s1. The van der Waals surface area contributed by atoms with Gasteiger partial charge in [0, 0.05) is 17.9 Å². The highest BCUT2D eigenvalue weighted by molar-refractivity contribution is 5.85. The monoisotopic (exact) mass is 208 g/mol. The number of rotatable bonds is 1. The first-order chi connectivity index (χ1) is 4.70. The van der Waals surface area contributed by atoms with Crippen molar-refractivity contribution in [3.8, 4) is 0 Å². The molecular weight excluding hydrogens is 195 g/mol. The average Bonchev–Trinajstić information content (AvgIpc) is 1.88. The summed E-state index contributed by atoms with van der Waals surface area (Å²) < 4.78 is 0. The summed E-state index contributed by atoms with van der Waals surface area (Å²) >= 11 is 0. The summed E-state index contributed by atoms with van der Waals surface area (Å²) in [5.41, 5.74) is 7.82. The zero-order valence-corrected chi connectivity index (χ0v) is 8.78. The van der Waals surface area contributed by atoms with Crippen LogP contribution >= 0.6 is 24.8 Å². The summed E-state index contributed by atoms with van der Waals surface area (Å²) in [5.74, 6) is 0. The highest BCUT2D eigenvalue weighted by Crippen LogP contribution is 2.08. The third-order valence-electron chi connectivity index (χ3n) is 1.45. The molecule has 0 unspecified atom stereocenters. The molecule has 1 aromatic rings. The van der Waals surface area contributed by atoms with Crippen molar-refractivity contribution in [1.82, 2.24) is 4.98 Å². The molecule has 0 bridgehead atoms. The molecule has 1 aromatic heterocycles. The minimum absolute atomic E-state index is 0. The molecule has 4 heteroatoms. The van der Waals surface area contributed by atoms with E-state index in [1.165, 1.54) is 0 Å². The molecule has 2 nitrogen and oxygen atoms in total. The number of hydrogen-bond acceptors (Lipinski definition) is 2. The Kier molecular flexibility index (Phi) is 7.39. The lowest BCUT2D eigenvalue weighted by Crippen LogP contribution is -2.04. The van der Waals surface area contributed by atoms with Crippen molar-refractivity contribution in [3.05, 3.63) is 29.6 Å². The Morgan fingerprint density at radius 3 is 2.33 bits per heavy atom. The van der Waals surface area contributed by atoms with Crippen LogP contribution in [0, 0.1) is 6.92 Å². The fourth-order valence-corrected chi connectivity index (χ4v) is 0.851. The van der Waals surface area contributed by atoms with Gasteiger partial charge in [-0.3, -0.25) is 4.98 Å². The third kappa shape index (κ3) is 3.90. The van der Waals surface area contributed by atoms with E-state index in [1.807, 2.05) is 26.0 Å². The molecule has 1 atom stereocenters. The molecule has 70 valence electrons. The second-order valence-electron chi connectivity index (χ2n) is 2.52. The Morgan fingerprint density at radius 2 is 2.00 bits per heavy atom. The van der Waals surface area contributed by atoms with E-state index in [0.29, 0.717) is 0 Å². The smallest absolute Gasteiger partial charge is 0.0375 e. The third-order valence-corrected chi connectivity index (χ3v) is 1.45. The van der Waals surface area contributed by atoms with Crippen LogP contribution in [0.25, 0.3) is 0 Å². The molecule has 0 aromatic carbocycles. The van der Waals surface area contributed by atoms with Gasteiger partial charge in [0.25, 0.3) is 0 Å². The largest absolute Gasteiger partial charge is 0.324 e. The van der Waals surface area contributed by atoms with Gasteiger partial charge < -0.3 is 5.73 Å². The molecule has 0 spiro atoms. The summed E-state index contributed by atoms with van der Waals surface area (Å²) in [6.45, 7) is 3.93. The van der Waals surface area contributed by atoms with Crippen molar-refractivity contribution in [1.29, 1.82) is 0 Å². The van der Waals surface area contributed by atoms with Crippen LogP contribution in [0.1, 0.15) is 24.2 Å². The number of halogens is 2. The first-order valence-electron chi connectivity index (χ1n) is 3.38. The van der Waals surface area contributed by atoms with Gasteiger partial charge >= 0.3 is 0 Å². The van der Waals surface area contributed by atoms with Crippen molar-refractivity contribution in [2.24, 2.45) is 5.73 Å². The van der Waals surface area contributed by atoms with Crippen molar-refractivity contribution in [2.45, 2.75) is 19.9 Å². The lowest BCUT2D eigenvalue weighted by atomic mass is 10.1. The van der Waals surface area contributed by atoms with E-state index in [2.05, 4.69) is 4.98 Å². The molecule has 12 heavy (non-hydrogen) atoms. The Bertz CT molecular complexity index is 226. The van der Waals surface area contributed by atoms with Crippen molar-refractivity contribution < 1.29 is 0 Å². The van der Waals surface area contributed by atoms with Crippen LogP contribution in [-0.4, -0.2) is 4.98 Å². The van der Waals surface area contributed by atoms with Crippen LogP contribution in [0.5, 0.6) is 0 Å². The average molecular weight is 209 g/mol. The van der Waals surface area contributed by atoms with Gasteiger partial charge in [-0.25, -0.2) is 0 Å². The van der Waals surface area contributed by atoms with E-state index < -0.39 is 0 Å². The second-order valence-corrected chi connectivity index (χ2v) is 2.52. The molecule has 0 aliphatic heterocycles. The van der Waals surface area contributed by atoms with Crippen molar-refractivity contribution in [3.63, 3.8) is 0 Å². The van der Waals surface area contributed by atoms with E-state index in [9.17, 15) is 0 Å². The summed E-state index contributed by atoms with van der Waals surface area (Å²) in [7, 11) is 0. The van der Waals surface area contributed by atoms with Crippen LogP contribution in [0.4, 0.5) is 0 Å². The molecule has 0 saturated heterocycles. The molecular formula is C8H14Cl2N2. The van der Waals surface area contributed by atoms with Crippen LogP contribution in [0.15, 0.2) is 18.3 Å². The van der Waals surface area contributed by atoms with E-state index >= 15 is 0 Å². The Morgan fingerprint density at radius 1 is 1.42 bits per heavy atom. The van der Waals surface area contributed by atoms with Crippen LogP contribution < -0.4 is 5.73 Å². The molecule has 0 aliphatic rings. The van der Waals surface area contributed by atoms with Gasteiger partial charge in [-0.05, 0) is 31.5 Å². The van der Waals surface area contributed by atoms with Crippen molar-refractivity contribution in [2.75, 3.05) is 0 Å². The fraction of sp³-hybridized carbons (Fsp3) is 0.375. The van der Waals surface area contributed by atoms with Gasteiger partial charge in [-0.2, -0.15) is 0 Å². The maximum atomic E-state index is 5.65. The van der Waals surface area contributed by atoms with Gasteiger partial charge in [0.1, 0.15) is 0 Å². The van der Waals surface area contributed by atoms with Gasteiger partial charge in [0.2, 0.25) is 0 Å². The first-order valence-corrected chi connectivity index (χ1v) is 3.38. The number of nitrogens with two attached hydrogens (primary N) is 1. The van der Waals surface area contributed by atoms with Gasteiger partial charge in [0.05, 0.1) is 0 Å². The van der Waals surface area contributed by atoms with Crippen LogP contribution in [0.3, 0.4) is 0 Å². The highest BCUT2D eigenvalue weighted by atomic mass is 35.5. The maximum Gasteiger partial charge on any atom is 0.0375 e. The number of hydrogen-bond donors (Lipinski definition) is 1. The summed E-state index contributed by atoms with van der Waals surface area (Å²) in [5, 5.41) is 0. The Labute approximate surface area is 85.4 Å². The van der Waals surface area contributed by atoms with Gasteiger partial charge in [-0.15, -0.1) is 24.8 Å². The van der Waals surface area contributed by atoms with E-state index in [4.69, 9.17) is 5.73 Å². The van der Waals surface area contributed by atoms with E-state index in [1.54, 1.807) is 6.20 Å². The zero-order chi connectivity index (χ0) is 7.56. The molecule has 0 aliphatic carbocycles. The lowest BCUT2D eigenvalue weighted by Gasteiger charge is -2.04. The number of pyridine rings is 1. The predicted octanol–water partition coefficient (Wildman–Crippen LogP) is 2.25.